The van der Waals surface area contributed by atoms with E-state index in [0.29, 0.717) is 17.5 Å². The summed E-state index contributed by atoms with van der Waals surface area (Å²) in [5, 5.41) is 2.59. The molecule has 0 N–H and O–H groups in total. The molecule has 1 unspecified atom stereocenters. The normalized spacial score (nSPS) is 17.9. The van der Waals surface area contributed by atoms with E-state index < -0.39 is 8.32 Å². The number of para-hydroxylation sites is 1. The van der Waals surface area contributed by atoms with E-state index >= 15 is 0 Å². The highest BCUT2D eigenvalue weighted by Gasteiger charge is 2.44. The fourth-order valence-electron chi connectivity index (χ4n) is 6.83. The van der Waals surface area contributed by atoms with Crippen LogP contribution < -0.4 is 4.43 Å². The number of benzene rings is 4. The summed E-state index contributed by atoms with van der Waals surface area (Å²) < 4.78 is 7.12. The second-order valence-corrected chi connectivity index (χ2v) is 16.4. The maximum Gasteiger partial charge on any atom is 0.256 e. The van der Waals surface area contributed by atoms with Crippen molar-refractivity contribution in [2.45, 2.75) is 70.6 Å². The molecule has 1 saturated carbocycles. The molecule has 204 valence electrons. The highest BCUT2D eigenvalue weighted by Crippen LogP contribution is 2.49. The van der Waals surface area contributed by atoms with E-state index in [1.807, 2.05) is 0 Å². The van der Waals surface area contributed by atoms with Crippen LogP contribution in [0.5, 0.6) is 5.75 Å². The molecule has 0 bridgehead atoms. The molecule has 4 aromatic carbocycles. The van der Waals surface area contributed by atoms with Gasteiger partial charge in [0.1, 0.15) is 5.75 Å². The van der Waals surface area contributed by atoms with Gasteiger partial charge in [-0.15, -0.1) is 0 Å². The summed E-state index contributed by atoms with van der Waals surface area (Å²) in [6, 6.07) is 31.2. The lowest BCUT2D eigenvalue weighted by atomic mass is 9.93. The minimum Gasteiger partial charge on any atom is -0.543 e. The van der Waals surface area contributed by atoms with Crippen LogP contribution >= 0.6 is 0 Å². The summed E-state index contributed by atoms with van der Waals surface area (Å²) in [4.78, 5) is 4.99. The molecule has 2 aliphatic carbocycles. The summed E-state index contributed by atoms with van der Waals surface area (Å²) >= 11 is 0. The highest BCUT2D eigenvalue weighted by atomic mass is 28.4. The second-order valence-electron chi connectivity index (χ2n) is 12.4. The quantitative estimate of drug-likeness (QED) is 0.168. The van der Waals surface area contributed by atoms with Crippen LogP contribution in [0.15, 0.2) is 95.5 Å². The van der Waals surface area contributed by atoms with Crippen molar-refractivity contribution in [1.82, 2.24) is 0 Å². The van der Waals surface area contributed by atoms with Gasteiger partial charge in [0, 0.05) is 23.4 Å². The maximum absolute atomic E-state index is 7.12. The third kappa shape index (κ3) is 5.20. The highest BCUT2D eigenvalue weighted by molar-refractivity contribution is 6.74. The Morgan fingerprint density at radius 2 is 1.50 bits per heavy atom. The van der Waals surface area contributed by atoms with Crippen LogP contribution in [0.2, 0.25) is 13.1 Å². The summed E-state index contributed by atoms with van der Waals surface area (Å²) in [5.74, 6) is 1.41. The molecular formula is C37H41NOSi. The molecule has 0 heterocycles. The van der Waals surface area contributed by atoms with Gasteiger partial charge in [0.05, 0.1) is 0 Å². The molecule has 3 heteroatoms. The van der Waals surface area contributed by atoms with E-state index in [1.165, 1.54) is 70.7 Å². The number of hydrogen-bond acceptors (Lipinski definition) is 2. The molecule has 0 aromatic heterocycles. The Hall–Kier alpha value is -3.43. The molecule has 2 aliphatic rings. The molecule has 2 nitrogen and oxygen atoms in total. The SMILES string of the molecule is CC(C)C1=Cc2c(-c3cccc4ccccc34)cccc2C1[Si](C)(C)Oc1ccccc1C=NC1CCCCC1. The van der Waals surface area contributed by atoms with E-state index in [1.54, 1.807) is 0 Å². The molecular weight excluding hydrogens is 502 g/mol. The third-order valence-electron chi connectivity index (χ3n) is 8.83. The first-order valence-corrected chi connectivity index (χ1v) is 18.0. The number of fused-ring (bicyclic) bond motifs is 2. The van der Waals surface area contributed by atoms with E-state index in [4.69, 9.17) is 9.42 Å². The Bertz CT molecular complexity index is 1570. The van der Waals surface area contributed by atoms with E-state index in [0.717, 1.165) is 11.3 Å². The van der Waals surface area contributed by atoms with Gasteiger partial charge in [-0.1, -0.05) is 118 Å². The monoisotopic (exact) mass is 543 g/mol. The van der Waals surface area contributed by atoms with Crippen LogP contribution in [-0.2, 0) is 0 Å². The van der Waals surface area contributed by atoms with Crippen LogP contribution in [0.1, 0.15) is 68.2 Å². The predicted octanol–water partition coefficient (Wildman–Crippen LogP) is 10.2. The molecule has 0 aliphatic heterocycles. The van der Waals surface area contributed by atoms with Gasteiger partial charge in [0.15, 0.2) is 0 Å². The van der Waals surface area contributed by atoms with Crippen molar-refractivity contribution < 1.29 is 4.43 Å². The van der Waals surface area contributed by atoms with Crippen molar-refractivity contribution in [2.24, 2.45) is 10.9 Å². The fraction of sp³-hybridized carbons (Fsp3) is 0.324. The van der Waals surface area contributed by atoms with E-state index in [2.05, 4.69) is 124 Å². The Balaban J connectivity index is 1.38. The van der Waals surface area contributed by atoms with Crippen LogP contribution in [0.3, 0.4) is 0 Å². The lowest BCUT2D eigenvalue weighted by molar-refractivity contribution is 0.444. The molecule has 0 amide bonds. The standard InChI is InChI=1S/C37H41NOSi/c1-26(2)34-24-35-32(31-20-12-16-27-14-8-10-19-30(27)31)21-13-22-33(35)37(34)40(3,4)39-36-23-11-9-15-28(36)25-38-29-17-6-5-7-18-29/h8-16,19-26,29,37H,5-7,17-18H2,1-4H3. The molecule has 4 aromatic rings. The number of aliphatic imine (C=N–C) groups is 1. The van der Waals surface area contributed by atoms with Gasteiger partial charge in [0.2, 0.25) is 0 Å². The lowest BCUT2D eigenvalue weighted by Crippen LogP contribution is -2.43. The van der Waals surface area contributed by atoms with Crippen molar-refractivity contribution in [3.8, 4) is 16.9 Å². The lowest BCUT2D eigenvalue weighted by Gasteiger charge is -2.34. The van der Waals surface area contributed by atoms with Gasteiger partial charge in [-0.3, -0.25) is 4.99 Å². The van der Waals surface area contributed by atoms with Gasteiger partial charge in [-0.05, 0) is 77.0 Å². The molecule has 0 radical (unpaired) electrons. The summed E-state index contributed by atoms with van der Waals surface area (Å²) in [5.41, 5.74) is 8.29. The van der Waals surface area contributed by atoms with Crippen molar-refractivity contribution in [2.75, 3.05) is 0 Å². The van der Waals surface area contributed by atoms with E-state index in [-0.39, 0.29) is 0 Å². The minimum atomic E-state index is -2.30. The molecule has 40 heavy (non-hydrogen) atoms. The average Bonchev–Trinajstić information content (AvgIpc) is 3.38. The Labute approximate surface area is 241 Å². The number of nitrogens with zero attached hydrogens (tertiary/aromatic N) is 1. The number of rotatable bonds is 7. The van der Waals surface area contributed by atoms with Gasteiger partial charge < -0.3 is 4.43 Å². The van der Waals surface area contributed by atoms with Gasteiger partial charge in [-0.25, -0.2) is 0 Å². The smallest absolute Gasteiger partial charge is 0.256 e. The number of allylic oxidation sites excluding steroid dienone is 1. The molecule has 1 fully saturated rings. The zero-order valence-corrected chi connectivity index (χ0v) is 25.4. The maximum atomic E-state index is 7.12. The minimum absolute atomic E-state index is 0.292. The Kier molecular flexibility index (Phi) is 7.50. The third-order valence-corrected chi connectivity index (χ3v) is 11.6. The van der Waals surface area contributed by atoms with Crippen molar-refractivity contribution in [1.29, 1.82) is 0 Å². The van der Waals surface area contributed by atoms with Crippen LogP contribution in [-0.4, -0.2) is 20.6 Å². The topological polar surface area (TPSA) is 21.6 Å². The van der Waals surface area contributed by atoms with E-state index in [9.17, 15) is 0 Å². The fourth-order valence-corrected chi connectivity index (χ4v) is 9.93. The van der Waals surface area contributed by atoms with Gasteiger partial charge in [0.25, 0.3) is 8.32 Å². The molecule has 0 saturated heterocycles. The predicted molar refractivity (Wildman–Crippen MR) is 174 cm³/mol. The molecule has 0 spiro atoms. The zero-order valence-electron chi connectivity index (χ0n) is 24.4. The summed E-state index contributed by atoms with van der Waals surface area (Å²) in [7, 11) is -2.30. The second kappa shape index (κ2) is 11.2. The largest absolute Gasteiger partial charge is 0.543 e. The van der Waals surface area contributed by atoms with Gasteiger partial charge in [-0.2, -0.15) is 0 Å². The Morgan fingerprint density at radius 1 is 0.800 bits per heavy atom. The van der Waals surface area contributed by atoms with Crippen LogP contribution in [0.25, 0.3) is 28.0 Å². The van der Waals surface area contributed by atoms with Crippen molar-refractivity contribution >= 4 is 31.4 Å². The summed E-state index contributed by atoms with van der Waals surface area (Å²) in [6.45, 7) is 9.44. The average molecular weight is 544 g/mol. The summed E-state index contributed by atoms with van der Waals surface area (Å²) in [6.07, 6.45) is 10.9. The van der Waals surface area contributed by atoms with Crippen LogP contribution in [0, 0.1) is 5.92 Å². The molecule has 1 atom stereocenters. The van der Waals surface area contributed by atoms with Crippen molar-refractivity contribution in [3.05, 3.63) is 107 Å². The van der Waals surface area contributed by atoms with Crippen molar-refractivity contribution in [3.63, 3.8) is 0 Å². The number of hydrogen-bond donors (Lipinski definition) is 0. The zero-order chi connectivity index (χ0) is 27.7. The molecule has 6 rings (SSSR count). The van der Waals surface area contributed by atoms with Gasteiger partial charge >= 0.3 is 0 Å². The Morgan fingerprint density at radius 3 is 2.33 bits per heavy atom. The first-order chi connectivity index (χ1) is 19.4. The van der Waals surface area contributed by atoms with Crippen LogP contribution in [0.4, 0.5) is 0 Å². The first kappa shape index (κ1) is 26.8. The first-order valence-electron chi connectivity index (χ1n) is 15.1.